The molecule has 0 aliphatic rings. The van der Waals surface area contributed by atoms with Crippen LogP contribution in [0.5, 0.6) is 0 Å². The van der Waals surface area contributed by atoms with Crippen molar-refractivity contribution in [2.75, 3.05) is 6.61 Å². The molecule has 0 radical (unpaired) electrons. The quantitative estimate of drug-likeness (QED) is 0.777. The molecule has 2 rings (SSSR count). The van der Waals surface area contributed by atoms with Crippen LogP contribution in [0.1, 0.15) is 18.0 Å². The number of rotatable bonds is 3. The highest BCUT2D eigenvalue weighted by molar-refractivity contribution is 5.77. The molecule has 1 unspecified atom stereocenters. The summed E-state index contributed by atoms with van der Waals surface area (Å²) >= 11 is 0. The molecule has 0 fully saturated rings. The topological polar surface area (TPSA) is 59.4 Å². The highest BCUT2D eigenvalue weighted by Gasteiger charge is 2.06. The summed E-state index contributed by atoms with van der Waals surface area (Å²) in [6, 6.07) is 7.65. The van der Waals surface area contributed by atoms with Crippen LogP contribution in [0.25, 0.3) is 11.0 Å². The molecule has 3 heteroatoms. The Hall–Kier alpha value is -1.32. The van der Waals surface area contributed by atoms with E-state index in [-0.39, 0.29) is 12.6 Å². The second-order valence-electron chi connectivity index (χ2n) is 3.34. The zero-order valence-electron chi connectivity index (χ0n) is 7.81. The van der Waals surface area contributed by atoms with Gasteiger partial charge in [-0.15, -0.1) is 0 Å². The highest BCUT2D eigenvalue weighted by atomic mass is 16.3. The van der Waals surface area contributed by atoms with Crippen molar-refractivity contribution < 1.29 is 9.52 Å². The molecule has 14 heavy (non-hydrogen) atoms. The normalized spacial score (nSPS) is 13.3. The molecule has 0 amide bonds. The van der Waals surface area contributed by atoms with E-state index in [2.05, 4.69) is 0 Å². The minimum Gasteiger partial charge on any atom is -0.464 e. The lowest BCUT2D eigenvalue weighted by atomic mass is 10.0. The molecule has 0 bridgehead atoms. The van der Waals surface area contributed by atoms with Gasteiger partial charge in [0.05, 0.1) is 6.26 Å². The van der Waals surface area contributed by atoms with Gasteiger partial charge in [0.25, 0.3) is 0 Å². The van der Waals surface area contributed by atoms with Gasteiger partial charge in [-0.05, 0) is 30.2 Å². The van der Waals surface area contributed by atoms with Gasteiger partial charge in [0.2, 0.25) is 0 Å². The van der Waals surface area contributed by atoms with E-state index < -0.39 is 0 Å². The van der Waals surface area contributed by atoms with Gasteiger partial charge in [-0.25, -0.2) is 0 Å². The van der Waals surface area contributed by atoms with E-state index >= 15 is 0 Å². The molecule has 1 atom stereocenters. The molecule has 1 heterocycles. The minimum atomic E-state index is -0.0979. The minimum absolute atomic E-state index is 0.0979. The molecule has 3 N–H and O–H groups in total. The number of benzene rings is 1. The maximum absolute atomic E-state index is 8.77. The number of hydrogen-bond donors (Lipinski definition) is 2. The van der Waals surface area contributed by atoms with Gasteiger partial charge in [0, 0.05) is 18.0 Å². The van der Waals surface area contributed by atoms with Gasteiger partial charge >= 0.3 is 0 Å². The molecule has 1 aromatic heterocycles. The van der Waals surface area contributed by atoms with E-state index in [0.717, 1.165) is 16.5 Å². The van der Waals surface area contributed by atoms with Crippen LogP contribution in [0.4, 0.5) is 0 Å². The monoisotopic (exact) mass is 191 g/mol. The smallest absolute Gasteiger partial charge is 0.133 e. The lowest BCUT2D eigenvalue weighted by Gasteiger charge is -2.09. The molecule has 1 aromatic carbocycles. The van der Waals surface area contributed by atoms with E-state index in [0.29, 0.717) is 6.42 Å². The van der Waals surface area contributed by atoms with Crippen molar-refractivity contribution in [2.45, 2.75) is 12.5 Å². The maximum atomic E-state index is 8.77. The Morgan fingerprint density at radius 2 is 2.21 bits per heavy atom. The predicted molar refractivity (Wildman–Crippen MR) is 54.8 cm³/mol. The van der Waals surface area contributed by atoms with Crippen molar-refractivity contribution in [2.24, 2.45) is 5.73 Å². The molecule has 74 valence electrons. The van der Waals surface area contributed by atoms with Crippen molar-refractivity contribution >= 4 is 11.0 Å². The third-order valence-electron chi connectivity index (χ3n) is 2.34. The largest absolute Gasteiger partial charge is 0.464 e. The molecular weight excluding hydrogens is 178 g/mol. The fourth-order valence-electron chi connectivity index (χ4n) is 1.52. The van der Waals surface area contributed by atoms with Crippen LogP contribution in [0.2, 0.25) is 0 Å². The third kappa shape index (κ3) is 1.64. The summed E-state index contributed by atoms with van der Waals surface area (Å²) in [6.07, 6.45) is 2.25. The first-order valence-corrected chi connectivity index (χ1v) is 4.65. The van der Waals surface area contributed by atoms with E-state index in [1.165, 1.54) is 0 Å². The summed E-state index contributed by atoms with van der Waals surface area (Å²) in [5.74, 6) is 0. The fourth-order valence-corrected chi connectivity index (χ4v) is 1.52. The Morgan fingerprint density at radius 1 is 1.36 bits per heavy atom. The summed E-state index contributed by atoms with van der Waals surface area (Å²) in [5, 5.41) is 9.82. The summed E-state index contributed by atoms with van der Waals surface area (Å²) in [6.45, 7) is 0.116. The predicted octanol–water partition coefficient (Wildman–Crippen LogP) is 1.81. The van der Waals surface area contributed by atoms with Gasteiger partial charge in [-0.2, -0.15) is 0 Å². The van der Waals surface area contributed by atoms with Gasteiger partial charge in [-0.1, -0.05) is 6.07 Å². The second kappa shape index (κ2) is 3.82. The number of aliphatic hydroxyl groups excluding tert-OH is 1. The van der Waals surface area contributed by atoms with Gasteiger partial charge in [0.15, 0.2) is 0 Å². The Morgan fingerprint density at radius 3 is 3.00 bits per heavy atom. The van der Waals surface area contributed by atoms with Crippen molar-refractivity contribution in [3.8, 4) is 0 Å². The first-order chi connectivity index (χ1) is 6.81. The van der Waals surface area contributed by atoms with Crippen molar-refractivity contribution in [3.63, 3.8) is 0 Å². The Balaban J connectivity index is 2.33. The van der Waals surface area contributed by atoms with Crippen LogP contribution < -0.4 is 5.73 Å². The number of nitrogens with two attached hydrogens (primary N) is 1. The average molecular weight is 191 g/mol. The molecule has 2 aromatic rings. The van der Waals surface area contributed by atoms with Crippen molar-refractivity contribution in [3.05, 3.63) is 36.1 Å². The van der Waals surface area contributed by atoms with E-state index in [1.54, 1.807) is 6.26 Å². The number of hydrogen-bond acceptors (Lipinski definition) is 3. The zero-order valence-corrected chi connectivity index (χ0v) is 7.81. The summed E-state index contributed by atoms with van der Waals surface area (Å²) < 4.78 is 5.22. The van der Waals surface area contributed by atoms with Crippen LogP contribution >= 0.6 is 0 Å². The first-order valence-electron chi connectivity index (χ1n) is 4.65. The second-order valence-corrected chi connectivity index (χ2v) is 3.34. The van der Waals surface area contributed by atoms with Crippen LogP contribution in [0, 0.1) is 0 Å². The Bertz CT molecular complexity index is 422. The highest BCUT2D eigenvalue weighted by Crippen LogP contribution is 2.21. The molecular formula is C11H13NO2. The van der Waals surface area contributed by atoms with Crippen LogP contribution in [-0.4, -0.2) is 11.7 Å². The van der Waals surface area contributed by atoms with E-state index in [1.807, 2.05) is 24.3 Å². The number of fused-ring (bicyclic) bond motifs is 1. The Kier molecular flexibility index (Phi) is 2.52. The van der Waals surface area contributed by atoms with Crippen LogP contribution in [0.15, 0.2) is 34.9 Å². The van der Waals surface area contributed by atoms with E-state index in [4.69, 9.17) is 15.3 Å². The van der Waals surface area contributed by atoms with Crippen LogP contribution in [-0.2, 0) is 0 Å². The first kappa shape index (κ1) is 9.24. The standard InChI is InChI=1S/C11H13NO2/c12-10(3-5-13)8-1-2-11-9(7-8)4-6-14-11/h1-2,4,6-7,10,13H,3,5,12H2. The lowest BCUT2D eigenvalue weighted by molar-refractivity contribution is 0.276. The zero-order chi connectivity index (χ0) is 9.97. The van der Waals surface area contributed by atoms with Crippen LogP contribution in [0.3, 0.4) is 0 Å². The Labute approximate surface area is 82.1 Å². The average Bonchev–Trinajstić information content (AvgIpc) is 2.64. The molecule has 0 aliphatic heterocycles. The molecule has 0 aliphatic carbocycles. The maximum Gasteiger partial charge on any atom is 0.133 e. The number of furan rings is 1. The van der Waals surface area contributed by atoms with Gasteiger partial charge in [0.1, 0.15) is 5.58 Å². The fraction of sp³-hybridized carbons (Fsp3) is 0.273. The summed E-state index contributed by atoms with van der Waals surface area (Å²) in [5.41, 5.74) is 7.78. The summed E-state index contributed by atoms with van der Waals surface area (Å²) in [7, 11) is 0. The van der Waals surface area contributed by atoms with E-state index in [9.17, 15) is 0 Å². The van der Waals surface area contributed by atoms with Gasteiger partial charge < -0.3 is 15.3 Å². The third-order valence-corrected chi connectivity index (χ3v) is 2.34. The van der Waals surface area contributed by atoms with Gasteiger partial charge in [-0.3, -0.25) is 0 Å². The van der Waals surface area contributed by atoms with Crippen molar-refractivity contribution in [1.82, 2.24) is 0 Å². The lowest BCUT2D eigenvalue weighted by Crippen LogP contribution is -2.11. The number of aliphatic hydroxyl groups is 1. The van der Waals surface area contributed by atoms with Crippen molar-refractivity contribution in [1.29, 1.82) is 0 Å². The SMILES string of the molecule is NC(CCO)c1ccc2occc2c1. The molecule has 0 saturated heterocycles. The molecule has 0 saturated carbocycles. The molecule has 3 nitrogen and oxygen atoms in total. The molecule has 0 spiro atoms. The summed E-state index contributed by atoms with van der Waals surface area (Å²) in [4.78, 5) is 0.